The number of ketones is 1. The summed E-state index contributed by atoms with van der Waals surface area (Å²) in [4.78, 5) is 11.4. The van der Waals surface area contributed by atoms with Gasteiger partial charge in [-0.3, -0.25) is 0 Å². The zero-order valence-corrected chi connectivity index (χ0v) is 16.1. The number of ether oxygens (including phenoxy) is 2. The van der Waals surface area contributed by atoms with Crippen molar-refractivity contribution in [1.82, 2.24) is 0 Å². The summed E-state index contributed by atoms with van der Waals surface area (Å²) in [6, 6.07) is 6.01. The van der Waals surface area contributed by atoms with Crippen molar-refractivity contribution in [2.24, 2.45) is 5.92 Å². The molecule has 27 heavy (non-hydrogen) atoms. The van der Waals surface area contributed by atoms with E-state index in [0.717, 1.165) is 47.8 Å². The van der Waals surface area contributed by atoms with Crippen LogP contribution >= 0.6 is 0 Å². The highest BCUT2D eigenvalue weighted by Crippen LogP contribution is 2.40. The molecule has 1 aliphatic heterocycles. The highest BCUT2D eigenvalue weighted by Gasteiger charge is 2.27. The van der Waals surface area contributed by atoms with Crippen LogP contribution in [0.1, 0.15) is 56.9 Å². The highest BCUT2D eigenvalue weighted by molar-refractivity contribution is 5.76. The topological polar surface area (TPSA) is 35.5 Å². The van der Waals surface area contributed by atoms with Crippen molar-refractivity contribution >= 4 is 5.78 Å². The Morgan fingerprint density at radius 3 is 2.93 bits per heavy atom. The van der Waals surface area contributed by atoms with Gasteiger partial charge in [0.25, 0.3) is 0 Å². The lowest BCUT2D eigenvalue weighted by Crippen LogP contribution is -2.18. The van der Waals surface area contributed by atoms with Gasteiger partial charge in [0.05, 0.1) is 6.61 Å². The third-order valence-corrected chi connectivity index (χ3v) is 5.74. The Morgan fingerprint density at radius 2 is 2.15 bits per heavy atom. The Labute approximate surface area is 161 Å². The molecular weight excluding hydrogens is 336 g/mol. The average molecular weight is 364 g/mol. The molecule has 0 saturated heterocycles. The zero-order chi connectivity index (χ0) is 18.8. The number of rotatable bonds is 5. The summed E-state index contributed by atoms with van der Waals surface area (Å²) < 4.78 is 12.1. The van der Waals surface area contributed by atoms with E-state index in [4.69, 9.17) is 9.47 Å². The first-order valence-electron chi connectivity index (χ1n) is 10.1. The monoisotopic (exact) mass is 364 g/mol. The van der Waals surface area contributed by atoms with E-state index in [1.165, 1.54) is 12.8 Å². The minimum atomic E-state index is -0.0133. The molecule has 3 aliphatic rings. The van der Waals surface area contributed by atoms with Crippen molar-refractivity contribution in [3.63, 3.8) is 0 Å². The molecule has 3 nitrogen and oxygen atoms in total. The maximum Gasteiger partial charge on any atom is 0.130 e. The van der Waals surface area contributed by atoms with Gasteiger partial charge in [-0.05, 0) is 56.6 Å². The fourth-order valence-electron chi connectivity index (χ4n) is 4.10. The van der Waals surface area contributed by atoms with E-state index in [-0.39, 0.29) is 17.8 Å². The average Bonchev–Trinajstić information content (AvgIpc) is 3.40. The van der Waals surface area contributed by atoms with Gasteiger partial charge in [-0.2, -0.15) is 0 Å². The first-order chi connectivity index (χ1) is 13.1. The van der Waals surface area contributed by atoms with E-state index in [1.807, 2.05) is 18.2 Å². The van der Waals surface area contributed by atoms with Crippen LogP contribution in [0.4, 0.5) is 0 Å². The quantitative estimate of drug-likeness (QED) is 0.690. The lowest BCUT2D eigenvalue weighted by molar-refractivity contribution is -0.117. The van der Waals surface area contributed by atoms with Crippen LogP contribution in [0.25, 0.3) is 0 Å². The number of hydrogen-bond acceptors (Lipinski definition) is 3. The fraction of sp³-hybridized carbons (Fsp3) is 0.458. The number of Topliss-reactive ketones (excluding diaryl/α,β-unsaturated/α-hetero) is 1. The first-order valence-corrected chi connectivity index (χ1v) is 10.1. The largest absolute Gasteiger partial charge is 0.492 e. The third kappa shape index (κ3) is 4.35. The van der Waals surface area contributed by atoms with Crippen LogP contribution in [-0.2, 0) is 4.79 Å². The molecule has 0 N–H and O–H groups in total. The molecule has 142 valence electrons. The fourth-order valence-corrected chi connectivity index (χ4v) is 4.10. The smallest absolute Gasteiger partial charge is 0.130 e. The summed E-state index contributed by atoms with van der Waals surface area (Å²) in [6.45, 7) is 6.44. The molecule has 4 rings (SSSR count). The number of allylic oxidation sites excluding steroid dienone is 3. The van der Waals surface area contributed by atoms with Gasteiger partial charge in [-0.25, -0.2) is 0 Å². The SMILES string of the molecule is C=C1/C=C\C=C(\C2CC2)CCC[C@H]1Oc1ccc2c(c1)OC[C@H]2CC(C)=O. The van der Waals surface area contributed by atoms with E-state index in [1.54, 1.807) is 12.5 Å². The van der Waals surface area contributed by atoms with Crippen LogP contribution in [0.2, 0.25) is 0 Å². The number of hydrogen-bond donors (Lipinski definition) is 0. The van der Waals surface area contributed by atoms with E-state index < -0.39 is 0 Å². The summed E-state index contributed by atoms with van der Waals surface area (Å²) >= 11 is 0. The molecule has 2 atom stereocenters. The van der Waals surface area contributed by atoms with Gasteiger partial charge < -0.3 is 14.3 Å². The van der Waals surface area contributed by atoms with Gasteiger partial charge >= 0.3 is 0 Å². The van der Waals surface area contributed by atoms with Crippen molar-refractivity contribution in [2.45, 2.75) is 57.5 Å². The summed E-state index contributed by atoms with van der Waals surface area (Å²) in [5.74, 6) is 2.84. The van der Waals surface area contributed by atoms with Gasteiger partial charge in [0.1, 0.15) is 23.4 Å². The third-order valence-electron chi connectivity index (χ3n) is 5.74. The molecule has 1 heterocycles. The maximum absolute atomic E-state index is 11.4. The molecule has 1 saturated carbocycles. The minimum absolute atomic E-state index is 0.0133. The molecule has 0 radical (unpaired) electrons. The lowest BCUT2D eigenvalue weighted by Gasteiger charge is -2.20. The van der Waals surface area contributed by atoms with E-state index in [0.29, 0.717) is 13.0 Å². The predicted octanol–water partition coefficient (Wildman–Crippen LogP) is 5.52. The van der Waals surface area contributed by atoms with Crippen molar-refractivity contribution in [3.8, 4) is 11.5 Å². The molecule has 2 aliphatic carbocycles. The lowest BCUT2D eigenvalue weighted by atomic mass is 9.96. The maximum atomic E-state index is 11.4. The number of fused-ring (bicyclic) bond motifs is 1. The number of carbonyl (C=O) groups excluding carboxylic acids is 1. The molecule has 0 bridgehead atoms. The minimum Gasteiger partial charge on any atom is -0.492 e. The molecular formula is C24H28O3. The Bertz CT molecular complexity index is 798. The summed E-state index contributed by atoms with van der Waals surface area (Å²) in [5.41, 5.74) is 3.71. The van der Waals surface area contributed by atoms with E-state index in [9.17, 15) is 4.79 Å². The van der Waals surface area contributed by atoms with Gasteiger partial charge in [0.2, 0.25) is 0 Å². The van der Waals surface area contributed by atoms with Crippen LogP contribution in [0.5, 0.6) is 11.5 Å². The second kappa shape index (κ2) is 7.75. The molecule has 1 aromatic rings. The Balaban J connectivity index is 1.43. The van der Waals surface area contributed by atoms with Crippen LogP contribution in [0.15, 0.2) is 54.2 Å². The molecule has 0 spiro atoms. The summed E-state index contributed by atoms with van der Waals surface area (Å²) in [6.07, 6.45) is 13.0. The van der Waals surface area contributed by atoms with Gasteiger partial charge in [-0.15, -0.1) is 0 Å². The zero-order valence-electron chi connectivity index (χ0n) is 16.1. The molecule has 1 fully saturated rings. The summed E-state index contributed by atoms with van der Waals surface area (Å²) in [7, 11) is 0. The second-order valence-electron chi connectivity index (χ2n) is 8.06. The molecule has 1 aromatic carbocycles. The number of carbonyl (C=O) groups is 1. The standard InChI is InChI=1S/C24H28O3/c1-16-5-3-6-18(19-9-10-19)7-4-8-23(16)27-21-11-12-22-20(13-17(2)25)15-26-24(22)14-21/h3,5-6,11-12,14,19-20,23H,1,4,7-10,13,15H2,2H3/b5-3-,18-6+/t20-,23-/m1/s1. The second-order valence-corrected chi connectivity index (χ2v) is 8.06. The Hall–Kier alpha value is -2.29. The van der Waals surface area contributed by atoms with E-state index in [2.05, 4.69) is 24.8 Å². The van der Waals surface area contributed by atoms with Gasteiger partial charge in [-0.1, -0.05) is 36.4 Å². The van der Waals surface area contributed by atoms with E-state index >= 15 is 0 Å². The molecule has 0 unspecified atom stereocenters. The van der Waals surface area contributed by atoms with Crippen LogP contribution in [-0.4, -0.2) is 18.5 Å². The molecule has 0 amide bonds. The van der Waals surface area contributed by atoms with Gasteiger partial charge in [0, 0.05) is 24.0 Å². The number of benzene rings is 1. The highest BCUT2D eigenvalue weighted by atomic mass is 16.5. The Kier molecular flexibility index (Phi) is 5.20. The molecule has 0 aromatic heterocycles. The van der Waals surface area contributed by atoms with Crippen molar-refractivity contribution < 1.29 is 14.3 Å². The molecule has 3 heteroatoms. The van der Waals surface area contributed by atoms with Crippen LogP contribution in [0.3, 0.4) is 0 Å². The van der Waals surface area contributed by atoms with Crippen molar-refractivity contribution in [3.05, 3.63) is 59.7 Å². The summed E-state index contributed by atoms with van der Waals surface area (Å²) in [5, 5.41) is 0. The van der Waals surface area contributed by atoms with Crippen molar-refractivity contribution in [2.75, 3.05) is 6.61 Å². The van der Waals surface area contributed by atoms with Crippen molar-refractivity contribution in [1.29, 1.82) is 0 Å². The van der Waals surface area contributed by atoms with Crippen LogP contribution in [0, 0.1) is 5.92 Å². The predicted molar refractivity (Wildman–Crippen MR) is 107 cm³/mol. The first kappa shape index (κ1) is 18.1. The Morgan fingerprint density at radius 1 is 1.30 bits per heavy atom. The van der Waals surface area contributed by atoms with Gasteiger partial charge in [0.15, 0.2) is 0 Å². The van der Waals surface area contributed by atoms with Crippen LogP contribution < -0.4 is 9.47 Å². The normalized spacial score (nSPS) is 28.0.